The Morgan fingerprint density at radius 1 is 1.19 bits per heavy atom. The molecule has 0 unspecified atom stereocenters. The second-order valence-corrected chi connectivity index (χ2v) is 7.30. The highest BCUT2D eigenvalue weighted by Gasteiger charge is 2.46. The van der Waals surface area contributed by atoms with Crippen molar-refractivity contribution in [2.24, 2.45) is 5.92 Å². The molecule has 0 spiro atoms. The van der Waals surface area contributed by atoms with Crippen molar-refractivity contribution in [3.05, 3.63) is 58.4 Å². The zero-order chi connectivity index (χ0) is 19.1. The highest BCUT2D eigenvalue weighted by atomic mass is 16.5. The Morgan fingerprint density at radius 3 is 2.63 bits per heavy atom. The number of rotatable bonds is 2. The Hall–Kier alpha value is -2.89. The van der Waals surface area contributed by atoms with Gasteiger partial charge in [-0.05, 0) is 17.9 Å². The summed E-state index contributed by atoms with van der Waals surface area (Å²) in [5.41, 5.74) is 2.91. The zero-order valence-corrected chi connectivity index (χ0v) is 15.5. The van der Waals surface area contributed by atoms with Gasteiger partial charge in [0.15, 0.2) is 5.78 Å². The molecule has 0 bridgehead atoms. The number of nitrogens with zero attached hydrogens (tertiary/aromatic N) is 1. The number of benzene rings is 1. The first-order valence-electron chi connectivity index (χ1n) is 9.22. The third-order valence-corrected chi connectivity index (χ3v) is 5.49. The van der Waals surface area contributed by atoms with E-state index in [0.29, 0.717) is 30.8 Å². The van der Waals surface area contributed by atoms with E-state index in [4.69, 9.17) is 4.74 Å². The van der Waals surface area contributed by atoms with E-state index < -0.39 is 11.9 Å². The molecular weight excluding hydrogens is 344 g/mol. The fraction of sp³-hybridized carbons (Fsp3) is 0.381. The van der Waals surface area contributed by atoms with Crippen LogP contribution in [-0.4, -0.2) is 42.8 Å². The molecule has 4 rings (SSSR count). The van der Waals surface area contributed by atoms with Gasteiger partial charge in [0.05, 0.1) is 12.7 Å². The lowest BCUT2D eigenvalue weighted by molar-refractivity contribution is -0.137. The van der Waals surface area contributed by atoms with Gasteiger partial charge in [0.1, 0.15) is 5.70 Å². The van der Waals surface area contributed by atoms with E-state index in [0.717, 1.165) is 17.7 Å². The molecule has 2 aliphatic heterocycles. The number of ether oxygens (including phenoxy) is 1. The summed E-state index contributed by atoms with van der Waals surface area (Å²) in [5, 5.41) is 2.83. The number of carbonyl (C=O) groups excluding carboxylic acids is 3. The van der Waals surface area contributed by atoms with Crippen molar-refractivity contribution in [1.82, 2.24) is 10.2 Å². The normalized spacial score (nSPS) is 25.0. The van der Waals surface area contributed by atoms with Gasteiger partial charge < -0.3 is 15.0 Å². The number of carbonyl (C=O) groups is 3. The molecule has 6 heteroatoms. The van der Waals surface area contributed by atoms with Crippen LogP contribution in [-0.2, 0) is 19.1 Å². The highest BCUT2D eigenvalue weighted by molar-refractivity contribution is 6.09. The molecular formula is C21H22N2O4. The van der Waals surface area contributed by atoms with Crippen molar-refractivity contribution < 1.29 is 19.1 Å². The number of hydrogen-bond acceptors (Lipinski definition) is 5. The monoisotopic (exact) mass is 366 g/mol. The molecule has 0 aromatic heterocycles. The minimum Gasteiger partial charge on any atom is -0.466 e. The lowest BCUT2D eigenvalue weighted by Crippen LogP contribution is -2.50. The van der Waals surface area contributed by atoms with Crippen molar-refractivity contribution in [2.75, 3.05) is 20.2 Å². The van der Waals surface area contributed by atoms with Crippen LogP contribution in [0.5, 0.6) is 0 Å². The van der Waals surface area contributed by atoms with Crippen molar-refractivity contribution in [3.63, 3.8) is 0 Å². The predicted molar refractivity (Wildman–Crippen MR) is 98.4 cm³/mol. The van der Waals surface area contributed by atoms with Crippen molar-refractivity contribution in [3.8, 4) is 0 Å². The molecule has 27 heavy (non-hydrogen) atoms. The fourth-order valence-corrected chi connectivity index (χ4v) is 4.40. The molecule has 1 amide bonds. The van der Waals surface area contributed by atoms with Crippen LogP contribution in [0.25, 0.3) is 0 Å². The van der Waals surface area contributed by atoms with Crippen LogP contribution in [0.2, 0.25) is 0 Å². The number of fused-ring (bicyclic) bond motifs is 2. The maximum atomic E-state index is 13.1. The largest absolute Gasteiger partial charge is 0.466 e. The van der Waals surface area contributed by atoms with E-state index in [1.165, 1.54) is 7.11 Å². The Balaban J connectivity index is 2.01. The number of nitrogens with one attached hydrogen (secondary N) is 1. The second-order valence-electron chi connectivity index (χ2n) is 7.30. The van der Waals surface area contributed by atoms with Crippen LogP contribution in [0.4, 0.5) is 0 Å². The van der Waals surface area contributed by atoms with Gasteiger partial charge in [-0.2, -0.15) is 0 Å². The summed E-state index contributed by atoms with van der Waals surface area (Å²) in [7, 11) is 1.30. The molecule has 6 nitrogen and oxygen atoms in total. The average Bonchev–Trinajstić information content (AvgIpc) is 2.67. The van der Waals surface area contributed by atoms with Crippen LogP contribution in [0, 0.1) is 5.92 Å². The molecule has 1 saturated heterocycles. The molecule has 1 aromatic carbocycles. The van der Waals surface area contributed by atoms with Crippen molar-refractivity contribution >= 4 is 17.7 Å². The van der Waals surface area contributed by atoms with Crippen LogP contribution >= 0.6 is 0 Å². The quantitative estimate of drug-likeness (QED) is 0.809. The number of ketones is 1. The van der Waals surface area contributed by atoms with Gasteiger partial charge in [-0.15, -0.1) is 0 Å². The number of amides is 1. The number of hydrogen-bond donors (Lipinski definition) is 1. The van der Waals surface area contributed by atoms with Gasteiger partial charge in [-0.1, -0.05) is 37.3 Å². The Kier molecular flexibility index (Phi) is 4.34. The topological polar surface area (TPSA) is 75.7 Å². The molecule has 0 radical (unpaired) electrons. The van der Waals surface area contributed by atoms with Gasteiger partial charge in [0, 0.05) is 36.7 Å². The third kappa shape index (κ3) is 2.76. The Bertz CT molecular complexity index is 885. The van der Waals surface area contributed by atoms with E-state index in [-0.39, 0.29) is 23.2 Å². The average molecular weight is 366 g/mol. The predicted octanol–water partition coefficient (Wildman–Crippen LogP) is 1.90. The van der Waals surface area contributed by atoms with Gasteiger partial charge in [0.2, 0.25) is 0 Å². The molecule has 0 saturated carbocycles. The number of allylic oxidation sites excluding steroid dienone is 2. The summed E-state index contributed by atoms with van der Waals surface area (Å²) in [6, 6.07) is 9.41. The Labute approximate surface area is 157 Å². The molecule has 2 heterocycles. The lowest BCUT2D eigenvalue weighted by Gasteiger charge is -2.44. The lowest BCUT2D eigenvalue weighted by atomic mass is 9.72. The molecule has 1 aromatic rings. The minimum atomic E-state index is -0.580. The number of Topliss-reactive ketones (excluding diaryl/α,β-unsaturated/α-hetero) is 1. The minimum absolute atomic E-state index is 0.0454. The van der Waals surface area contributed by atoms with Gasteiger partial charge >= 0.3 is 5.97 Å². The molecule has 3 aliphatic rings. The summed E-state index contributed by atoms with van der Waals surface area (Å²) in [5.74, 6) is -1.19. The molecule has 1 N–H and O–H groups in total. The first kappa shape index (κ1) is 17.5. The first-order valence-corrected chi connectivity index (χ1v) is 9.22. The summed E-state index contributed by atoms with van der Waals surface area (Å²) < 4.78 is 5.04. The van der Waals surface area contributed by atoms with E-state index in [9.17, 15) is 14.4 Å². The van der Waals surface area contributed by atoms with E-state index in [1.54, 1.807) is 0 Å². The first-order chi connectivity index (χ1) is 13.0. The maximum absolute atomic E-state index is 13.1. The van der Waals surface area contributed by atoms with Gasteiger partial charge in [-0.25, -0.2) is 4.79 Å². The molecule has 140 valence electrons. The smallest absolute Gasteiger partial charge is 0.337 e. The van der Waals surface area contributed by atoms with Crippen molar-refractivity contribution in [1.29, 1.82) is 0 Å². The van der Waals surface area contributed by atoms with Crippen molar-refractivity contribution in [2.45, 2.75) is 25.7 Å². The van der Waals surface area contributed by atoms with Crippen LogP contribution in [0.15, 0.2) is 52.9 Å². The summed E-state index contributed by atoms with van der Waals surface area (Å²) >= 11 is 0. The molecule has 2 atom stereocenters. The maximum Gasteiger partial charge on any atom is 0.337 e. The molecule has 1 fully saturated rings. The van der Waals surface area contributed by atoms with E-state index >= 15 is 0 Å². The summed E-state index contributed by atoms with van der Waals surface area (Å²) in [6.07, 6.45) is 1.17. The Morgan fingerprint density at radius 2 is 1.93 bits per heavy atom. The van der Waals surface area contributed by atoms with Crippen LogP contribution < -0.4 is 5.32 Å². The highest BCUT2D eigenvalue weighted by Crippen LogP contribution is 2.47. The van der Waals surface area contributed by atoms with Crippen LogP contribution in [0.1, 0.15) is 31.2 Å². The fourth-order valence-electron chi connectivity index (χ4n) is 4.40. The number of piperazine rings is 1. The number of esters is 1. The standard InChI is InChI=1S/C21H22N2O4/c1-12-10-14-17(15(24)11-12)16(13-6-4-3-5-7-13)18(21(26)27-2)19-20(25)22-8-9-23(14)19/h3-7,12,16H,8-11H2,1-2H3,(H,22,25)/t12-,16+/m0/s1. The van der Waals surface area contributed by atoms with Gasteiger partial charge in [-0.3, -0.25) is 9.59 Å². The summed E-state index contributed by atoms with van der Waals surface area (Å²) in [4.78, 5) is 40.5. The van der Waals surface area contributed by atoms with Gasteiger partial charge in [0.25, 0.3) is 5.91 Å². The van der Waals surface area contributed by atoms with Crippen LogP contribution in [0.3, 0.4) is 0 Å². The van der Waals surface area contributed by atoms with E-state index in [1.807, 2.05) is 42.2 Å². The number of methoxy groups -OCH3 is 1. The van der Waals surface area contributed by atoms with E-state index in [2.05, 4.69) is 5.32 Å². The summed E-state index contributed by atoms with van der Waals surface area (Å²) in [6.45, 7) is 3.07. The SMILES string of the molecule is COC(=O)C1=C2C(=O)NCCN2C2=C(C(=O)C[C@@H](C)C2)[C@H]1c1ccccc1. The molecule has 1 aliphatic carbocycles. The second kappa shape index (κ2) is 6.68. The third-order valence-electron chi connectivity index (χ3n) is 5.49. The zero-order valence-electron chi connectivity index (χ0n) is 15.5.